The summed E-state index contributed by atoms with van der Waals surface area (Å²) in [5.74, 6) is -0.164. The van der Waals surface area contributed by atoms with Gasteiger partial charge in [0.2, 0.25) is 0 Å². The van der Waals surface area contributed by atoms with Gasteiger partial charge in [-0.05, 0) is 50.3 Å². The smallest absolute Gasteiger partial charge is 0.251 e. The summed E-state index contributed by atoms with van der Waals surface area (Å²) in [5.41, 5.74) is 2.71. The molecule has 0 aliphatic rings. The van der Waals surface area contributed by atoms with Crippen LogP contribution in [0.25, 0.3) is 0 Å². The predicted molar refractivity (Wildman–Crippen MR) is 94.7 cm³/mol. The Morgan fingerprint density at radius 1 is 1.21 bits per heavy atom. The summed E-state index contributed by atoms with van der Waals surface area (Å²) in [4.78, 5) is 18.6. The molecule has 128 valence electrons. The first-order valence-corrected chi connectivity index (χ1v) is 8.11. The Morgan fingerprint density at radius 3 is 2.54 bits per heavy atom. The fourth-order valence-corrected chi connectivity index (χ4v) is 2.48. The van der Waals surface area contributed by atoms with Crippen LogP contribution in [0.3, 0.4) is 0 Å². The quantitative estimate of drug-likeness (QED) is 0.775. The fraction of sp³-hybridized carbons (Fsp3) is 0.368. The van der Waals surface area contributed by atoms with E-state index in [9.17, 15) is 9.90 Å². The van der Waals surface area contributed by atoms with Gasteiger partial charge in [0.1, 0.15) is 0 Å². The summed E-state index contributed by atoms with van der Waals surface area (Å²) in [5, 5.41) is 12.4. The van der Waals surface area contributed by atoms with E-state index in [1.165, 1.54) is 5.56 Å². The molecule has 0 radical (unpaired) electrons. The SMILES string of the molecule is CN(C)Cc1ccc(C(=O)NCC(CO)Cc2ccccn2)cc1. The first-order valence-electron chi connectivity index (χ1n) is 8.11. The molecule has 0 saturated heterocycles. The Labute approximate surface area is 143 Å². The molecule has 5 nitrogen and oxygen atoms in total. The summed E-state index contributed by atoms with van der Waals surface area (Å²) in [6.07, 6.45) is 2.37. The standard InChI is InChI=1S/C19H25N3O2/c1-22(2)13-15-6-8-17(9-7-15)19(24)21-12-16(14-23)11-18-5-3-4-10-20-18/h3-10,16,23H,11-14H2,1-2H3,(H,21,24). The van der Waals surface area contributed by atoms with Gasteiger partial charge < -0.3 is 15.3 Å². The van der Waals surface area contributed by atoms with E-state index in [4.69, 9.17) is 0 Å². The molecule has 5 heteroatoms. The third-order valence-corrected chi connectivity index (χ3v) is 3.75. The van der Waals surface area contributed by atoms with Crippen LogP contribution >= 0.6 is 0 Å². The number of aromatic nitrogens is 1. The molecule has 1 aromatic heterocycles. The van der Waals surface area contributed by atoms with Crippen LogP contribution in [0.15, 0.2) is 48.7 Å². The van der Waals surface area contributed by atoms with Crippen molar-refractivity contribution in [3.63, 3.8) is 0 Å². The maximum absolute atomic E-state index is 12.2. The summed E-state index contributed by atoms with van der Waals surface area (Å²) in [6.45, 7) is 1.28. The lowest BCUT2D eigenvalue weighted by atomic mass is 10.0. The Hall–Kier alpha value is -2.24. The van der Waals surface area contributed by atoms with E-state index in [-0.39, 0.29) is 18.4 Å². The number of hydrogen-bond donors (Lipinski definition) is 2. The minimum Gasteiger partial charge on any atom is -0.396 e. The molecule has 0 aliphatic carbocycles. The van der Waals surface area contributed by atoms with Gasteiger partial charge >= 0.3 is 0 Å². The molecule has 2 rings (SSSR count). The first kappa shape index (κ1) is 18.1. The van der Waals surface area contributed by atoms with E-state index < -0.39 is 0 Å². The number of benzene rings is 1. The highest BCUT2D eigenvalue weighted by Crippen LogP contribution is 2.08. The minimum absolute atomic E-state index is 0.0125. The molecule has 24 heavy (non-hydrogen) atoms. The van der Waals surface area contributed by atoms with Crippen LogP contribution in [-0.2, 0) is 13.0 Å². The summed E-state index contributed by atoms with van der Waals surface area (Å²) in [7, 11) is 4.02. The first-order chi connectivity index (χ1) is 11.6. The monoisotopic (exact) mass is 327 g/mol. The minimum atomic E-state index is -0.120. The molecular formula is C19H25N3O2. The zero-order valence-electron chi connectivity index (χ0n) is 14.3. The number of aliphatic hydroxyl groups excluding tert-OH is 1. The average Bonchev–Trinajstić information content (AvgIpc) is 2.59. The van der Waals surface area contributed by atoms with E-state index >= 15 is 0 Å². The molecule has 0 aliphatic heterocycles. The predicted octanol–water partition coefficient (Wildman–Crippen LogP) is 1.72. The third kappa shape index (κ3) is 5.76. The lowest BCUT2D eigenvalue weighted by Gasteiger charge is -2.15. The molecule has 2 aromatic rings. The van der Waals surface area contributed by atoms with Crippen molar-refractivity contribution in [2.45, 2.75) is 13.0 Å². The van der Waals surface area contributed by atoms with Crippen molar-refractivity contribution in [3.05, 3.63) is 65.5 Å². The van der Waals surface area contributed by atoms with Crippen molar-refractivity contribution in [1.82, 2.24) is 15.2 Å². The van der Waals surface area contributed by atoms with Crippen molar-refractivity contribution >= 4 is 5.91 Å². The number of nitrogens with one attached hydrogen (secondary N) is 1. The molecule has 0 spiro atoms. The number of rotatable bonds is 8. The van der Waals surface area contributed by atoms with Gasteiger partial charge in [0, 0.05) is 43.1 Å². The van der Waals surface area contributed by atoms with Crippen LogP contribution < -0.4 is 5.32 Å². The van der Waals surface area contributed by atoms with Gasteiger partial charge in [-0.2, -0.15) is 0 Å². The van der Waals surface area contributed by atoms with Crippen LogP contribution in [-0.4, -0.2) is 48.1 Å². The van der Waals surface area contributed by atoms with E-state index in [1.807, 2.05) is 56.6 Å². The van der Waals surface area contributed by atoms with Gasteiger partial charge in [-0.25, -0.2) is 0 Å². The lowest BCUT2D eigenvalue weighted by Crippen LogP contribution is -2.32. The van der Waals surface area contributed by atoms with E-state index in [2.05, 4.69) is 15.2 Å². The molecule has 0 saturated carbocycles. The van der Waals surface area contributed by atoms with Crippen LogP contribution in [0.2, 0.25) is 0 Å². The Bertz CT molecular complexity index is 627. The zero-order valence-corrected chi connectivity index (χ0v) is 14.3. The lowest BCUT2D eigenvalue weighted by molar-refractivity contribution is 0.0940. The summed E-state index contributed by atoms with van der Waals surface area (Å²) < 4.78 is 0. The van der Waals surface area contributed by atoms with Gasteiger partial charge in [0.25, 0.3) is 5.91 Å². The van der Waals surface area contributed by atoms with Crippen molar-refractivity contribution in [2.75, 3.05) is 27.2 Å². The second-order valence-corrected chi connectivity index (χ2v) is 6.22. The highest BCUT2D eigenvalue weighted by Gasteiger charge is 2.12. The van der Waals surface area contributed by atoms with Crippen molar-refractivity contribution < 1.29 is 9.90 Å². The number of carbonyl (C=O) groups excluding carboxylic acids is 1. The van der Waals surface area contributed by atoms with Gasteiger partial charge in [-0.15, -0.1) is 0 Å². The molecule has 1 aromatic carbocycles. The van der Waals surface area contributed by atoms with Gasteiger partial charge in [-0.1, -0.05) is 18.2 Å². The van der Waals surface area contributed by atoms with Crippen LogP contribution in [0.1, 0.15) is 21.6 Å². The van der Waals surface area contributed by atoms with Crippen LogP contribution in [0.5, 0.6) is 0 Å². The molecule has 0 bridgehead atoms. The van der Waals surface area contributed by atoms with Gasteiger partial charge in [0.15, 0.2) is 0 Å². The number of hydrogen-bond acceptors (Lipinski definition) is 4. The van der Waals surface area contributed by atoms with Crippen molar-refractivity contribution in [1.29, 1.82) is 0 Å². The maximum atomic E-state index is 12.2. The third-order valence-electron chi connectivity index (χ3n) is 3.75. The number of pyridine rings is 1. The van der Waals surface area contributed by atoms with Crippen molar-refractivity contribution in [3.8, 4) is 0 Å². The highest BCUT2D eigenvalue weighted by atomic mass is 16.3. The Balaban J connectivity index is 1.86. The number of amides is 1. The number of carbonyl (C=O) groups is 1. The normalized spacial score (nSPS) is 12.2. The highest BCUT2D eigenvalue weighted by molar-refractivity contribution is 5.94. The van der Waals surface area contributed by atoms with E-state index in [0.29, 0.717) is 18.5 Å². The summed E-state index contributed by atoms with van der Waals surface area (Å²) >= 11 is 0. The maximum Gasteiger partial charge on any atom is 0.251 e. The number of nitrogens with zero attached hydrogens (tertiary/aromatic N) is 2. The Morgan fingerprint density at radius 2 is 1.96 bits per heavy atom. The molecule has 1 unspecified atom stereocenters. The largest absolute Gasteiger partial charge is 0.396 e. The topological polar surface area (TPSA) is 65.5 Å². The van der Waals surface area contributed by atoms with E-state index in [1.54, 1.807) is 6.20 Å². The van der Waals surface area contributed by atoms with Gasteiger partial charge in [0.05, 0.1) is 0 Å². The summed E-state index contributed by atoms with van der Waals surface area (Å²) in [6, 6.07) is 13.3. The second-order valence-electron chi connectivity index (χ2n) is 6.22. The fourth-order valence-electron chi connectivity index (χ4n) is 2.48. The van der Waals surface area contributed by atoms with Crippen LogP contribution in [0, 0.1) is 5.92 Å². The molecule has 0 fully saturated rings. The number of aliphatic hydroxyl groups is 1. The molecule has 1 amide bonds. The average molecular weight is 327 g/mol. The Kier molecular flexibility index (Phi) is 6.90. The molecule has 1 atom stereocenters. The van der Waals surface area contributed by atoms with Crippen molar-refractivity contribution in [2.24, 2.45) is 5.92 Å². The second kappa shape index (κ2) is 9.15. The van der Waals surface area contributed by atoms with E-state index in [0.717, 1.165) is 12.2 Å². The molecule has 2 N–H and O–H groups in total. The van der Waals surface area contributed by atoms with Crippen LogP contribution in [0.4, 0.5) is 0 Å². The van der Waals surface area contributed by atoms with Gasteiger partial charge in [-0.3, -0.25) is 9.78 Å². The zero-order chi connectivity index (χ0) is 17.4. The molecule has 1 heterocycles. The molecular weight excluding hydrogens is 302 g/mol.